The molecule has 0 aliphatic rings. The van der Waals surface area contributed by atoms with Crippen molar-refractivity contribution in [2.75, 3.05) is 4.90 Å². The maximum Gasteiger partial charge on any atom is 0.234 e. The van der Waals surface area contributed by atoms with E-state index in [0.29, 0.717) is 34.1 Å². The lowest BCUT2D eigenvalue weighted by Gasteiger charge is -2.18. The number of benzene rings is 1. The molecule has 7 heteroatoms. The van der Waals surface area contributed by atoms with Crippen LogP contribution in [0.5, 0.6) is 0 Å². The van der Waals surface area contributed by atoms with Gasteiger partial charge in [0.05, 0.1) is 29.4 Å². The first-order chi connectivity index (χ1) is 12.2. The molecule has 0 radical (unpaired) electrons. The number of fused-ring (bicyclic) bond motifs is 1. The van der Waals surface area contributed by atoms with Crippen LogP contribution in [0.4, 0.5) is 9.52 Å². The summed E-state index contributed by atoms with van der Waals surface area (Å²) in [5.41, 5.74) is 0.676. The molecular formula is C18H13FN2O2S2. The Morgan fingerprint density at radius 3 is 2.92 bits per heavy atom. The summed E-state index contributed by atoms with van der Waals surface area (Å²) in [6, 6.07) is 11.9. The molecular weight excluding hydrogens is 359 g/mol. The van der Waals surface area contributed by atoms with Crippen LogP contribution in [0.25, 0.3) is 10.2 Å². The van der Waals surface area contributed by atoms with Crippen LogP contribution in [0.15, 0.2) is 58.5 Å². The minimum absolute atomic E-state index is 0.0709. The predicted molar refractivity (Wildman–Crippen MR) is 97.5 cm³/mol. The van der Waals surface area contributed by atoms with E-state index in [9.17, 15) is 9.18 Å². The van der Waals surface area contributed by atoms with E-state index in [0.717, 1.165) is 4.88 Å². The number of hydrogen-bond donors (Lipinski definition) is 0. The van der Waals surface area contributed by atoms with Gasteiger partial charge in [0.15, 0.2) is 5.13 Å². The number of anilines is 1. The summed E-state index contributed by atoms with van der Waals surface area (Å²) in [5, 5.41) is 2.48. The molecule has 0 aliphatic carbocycles. The van der Waals surface area contributed by atoms with Gasteiger partial charge in [-0.1, -0.05) is 17.4 Å². The fourth-order valence-corrected chi connectivity index (χ4v) is 4.18. The van der Waals surface area contributed by atoms with Crippen molar-refractivity contribution in [3.05, 3.63) is 70.6 Å². The summed E-state index contributed by atoms with van der Waals surface area (Å²) in [7, 11) is 0. The molecule has 25 heavy (non-hydrogen) atoms. The highest BCUT2D eigenvalue weighted by molar-refractivity contribution is 7.22. The molecule has 0 saturated carbocycles. The fraction of sp³-hybridized carbons (Fsp3) is 0.111. The number of halogens is 1. The Balaban J connectivity index is 1.68. The minimum Gasteiger partial charge on any atom is -0.467 e. The Morgan fingerprint density at radius 1 is 1.24 bits per heavy atom. The molecule has 1 aromatic carbocycles. The number of rotatable bonds is 5. The first kappa shape index (κ1) is 16.0. The third kappa shape index (κ3) is 3.47. The van der Waals surface area contributed by atoms with Crippen LogP contribution in [0, 0.1) is 5.82 Å². The summed E-state index contributed by atoms with van der Waals surface area (Å²) in [6.07, 6.45) is 1.87. The van der Waals surface area contributed by atoms with Gasteiger partial charge in [-0.25, -0.2) is 9.37 Å². The van der Waals surface area contributed by atoms with Crippen LogP contribution in [-0.2, 0) is 17.8 Å². The summed E-state index contributed by atoms with van der Waals surface area (Å²) >= 11 is 2.84. The van der Waals surface area contributed by atoms with Crippen molar-refractivity contribution in [2.45, 2.75) is 13.0 Å². The van der Waals surface area contributed by atoms with Crippen molar-refractivity contribution < 1.29 is 13.6 Å². The van der Waals surface area contributed by atoms with Gasteiger partial charge in [0.1, 0.15) is 11.6 Å². The molecule has 4 rings (SSSR count). The predicted octanol–water partition coefficient (Wildman–Crippen LogP) is 4.87. The highest BCUT2D eigenvalue weighted by Gasteiger charge is 2.22. The maximum atomic E-state index is 13.4. The summed E-state index contributed by atoms with van der Waals surface area (Å²) in [5.74, 6) is 0.286. The summed E-state index contributed by atoms with van der Waals surface area (Å²) < 4.78 is 19.5. The molecule has 0 saturated heterocycles. The molecule has 4 nitrogen and oxygen atoms in total. The standard InChI is InChI=1S/C18H13FN2O2S2/c19-12-5-6-15-16(9-12)25-18(20-15)21(11-13-3-1-7-23-13)17(22)10-14-4-2-8-24-14/h1-9H,10-11H2. The number of carbonyl (C=O) groups excluding carboxylic acids is 1. The largest absolute Gasteiger partial charge is 0.467 e. The van der Waals surface area contributed by atoms with E-state index in [1.165, 1.54) is 23.5 Å². The van der Waals surface area contributed by atoms with Crippen molar-refractivity contribution in [1.82, 2.24) is 4.98 Å². The first-order valence-corrected chi connectivity index (χ1v) is 9.30. The van der Waals surface area contributed by atoms with E-state index in [4.69, 9.17) is 4.42 Å². The van der Waals surface area contributed by atoms with Gasteiger partial charge in [-0.2, -0.15) is 0 Å². The smallest absolute Gasteiger partial charge is 0.234 e. The summed E-state index contributed by atoms with van der Waals surface area (Å²) in [4.78, 5) is 20.0. The van der Waals surface area contributed by atoms with E-state index in [-0.39, 0.29) is 11.7 Å². The molecule has 1 amide bonds. The van der Waals surface area contributed by atoms with E-state index in [1.54, 1.807) is 34.6 Å². The van der Waals surface area contributed by atoms with Gasteiger partial charge in [0.25, 0.3) is 0 Å². The molecule has 0 spiro atoms. The van der Waals surface area contributed by atoms with Gasteiger partial charge in [0, 0.05) is 4.88 Å². The molecule has 0 unspecified atom stereocenters. The molecule has 0 bridgehead atoms. The van der Waals surface area contributed by atoms with Gasteiger partial charge in [-0.05, 0) is 41.8 Å². The van der Waals surface area contributed by atoms with Crippen LogP contribution in [0.2, 0.25) is 0 Å². The number of hydrogen-bond acceptors (Lipinski definition) is 5. The lowest BCUT2D eigenvalue weighted by molar-refractivity contribution is -0.118. The zero-order valence-electron chi connectivity index (χ0n) is 13.0. The minimum atomic E-state index is -0.315. The second-order valence-corrected chi connectivity index (χ2v) is 7.47. The van der Waals surface area contributed by atoms with Gasteiger partial charge in [0.2, 0.25) is 5.91 Å². The molecule has 126 valence electrons. The molecule has 0 atom stereocenters. The van der Waals surface area contributed by atoms with Crippen molar-refractivity contribution in [3.63, 3.8) is 0 Å². The van der Waals surface area contributed by atoms with Crippen molar-refractivity contribution >= 4 is 43.9 Å². The van der Waals surface area contributed by atoms with E-state index in [1.807, 2.05) is 23.6 Å². The molecule has 0 N–H and O–H groups in total. The molecule has 0 aliphatic heterocycles. The average Bonchev–Trinajstić information content (AvgIpc) is 3.33. The quantitative estimate of drug-likeness (QED) is 0.502. The number of nitrogens with zero attached hydrogens (tertiary/aromatic N) is 2. The highest BCUT2D eigenvalue weighted by atomic mass is 32.1. The SMILES string of the molecule is O=C(Cc1cccs1)N(Cc1ccco1)c1nc2ccc(F)cc2s1. The molecule has 3 aromatic heterocycles. The maximum absolute atomic E-state index is 13.4. The second kappa shape index (κ2) is 6.78. The van der Waals surface area contributed by atoms with Gasteiger partial charge in [-0.3, -0.25) is 9.69 Å². The molecule has 4 aromatic rings. The Morgan fingerprint density at radius 2 is 2.16 bits per heavy atom. The first-order valence-electron chi connectivity index (χ1n) is 7.60. The van der Waals surface area contributed by atoms with Gasteiger partial charge in [-0.15, -0.1) is 11.3 Å². The summed E-state index contributed by atoms with van der Waals surface area (Å²) in [6.45, 7) is 0.291. The number of carbonyl (C=O) groups is 1. The molecule has 3 heterocycles. The van der Waals surface area contributed by atoms with Crippen molar-refractivity contribution in [1.29, 1.82) is 0 Å². The van der Waals surface area contributed by atoms with Crippen molar-refractivity contribution in [2.24, 2.45) is 0 Å². The number of amides is 1. The van der Waals surface area contributed by atoms with E-state index >= 15 is 0 Å². The van der Waals surface area contributed by atoms with E-state index < -0.39 is 0 Å². The average molecular weight is 372 g/mol. The second-order valence-electron chi connectivity index (χ2n) is 5.42. The third-order valence-electron chi connectivity index (χ3n) is 3.67. The fourth-order valence-electron chi connectivity index (χ4n) is 2.48. The van der Waals surface area contributed by atoms with Crippen LogP contribution in [0.3, 0.4) is 0 Å². The zero-order chi connectivity index (χ0) is 17.2. The Labute approximate surface area is 151 Å². The van der Waals surface area contributed by atoms with Crippen LogP contribution in [-0.4, -0.2) is 10.9 Å². The molecule has 0 fully saturated rings. The Bertz CT molecular complexity index is 994. The lowest BCUT2D eigenvalue weighted by Crippen LogP contribution is -2.31. The Kier molecular flexibility index (Phi) is 4.33. The van der Waals surface area contributed by atoms with Crippen molar-refractivity contribution in [3.8, 4) is 0 Å². The van der Waals surface area contributed by atoms with Crippen LogP contribution >= 0.6 is 22.7 Å². The third-order valence-corrected chi connectivity index (χ3v) is 5.59. The lowest BCUT2D eigenvalue weighted by atomic mass is 10.3. The normalized spacial score (nSPS) is 11.1. The van der Waals surface area contributed by atoms with Crippen LogP contribution < -0.4 is 4.90 Å². The Hall–Kier alpha value is -2.51. The highest BCUT2D eigenvalue weighted by Crippen LogP contribution is 2.31. The number of thiophene rings is 1. The topological polar surface area (TPSA) is 46.3 Å². The van der Waals surface area contributed by atoms with Crippen LogP contribution in [0.1, 0.15) is 10.6 Å². The zero-order valence-corrected chi connectivity index (χ0v) is 14.6. The van der Waals surface area contributed by atoms with Gasteiger partial charge >= 0.3 is 0 Å². The number of furan rings is 1. The number of aromatic nitrogens is 1. The van der Waals surface area contributed by atoms with Gasteiger partial charge < -0.3 is 4.42 Å². The monoisotopic (exact) mass is 372 g/mol. The number of thiazole rings is 1. The van der Waals surface area contributed by atoms with E-state index in [2.05, 4.69) is 4.98 Å².